The largest absolute Gasteiger partial charge is 0.387 e. The summed E-state index contributed by atoms with van der Waals surface area (Å²) in [5.41, 5.74) is 0. The molecule has 0 saturated heterocycles. The molecule has 1 nitrogen and oxygen atoms in total. The molecule has 11 heavy (non-hydrogen) atoms. The van der Waals surface area contributed by atoms with Crippen LogP contribution >= 0.6 is 27.3 Å². The molecule has 0 unspecified atom stereocenters. The predicted molar refractivity (Wildman–Crippen MR) is 49.7 cm³/mol. The zero-order valence-corrected chi connectivity index (χ0v) is 8.36. The summed E-state index contributed by atoms with van der Waals surface area (Å²) in [4.78, 5) is 1.10. The normalized spacial score (nSPS) is 20.2. The van der Waals surface area contributed by atoms with Crippen molar-refractivity contribution >= 4 is 27.3 Å². The molecule has 3 heteroatoms. The summed E-state index contributed by atoms with van der Waals surface area (Å²) >= 11 is 5.01. The molecule has 1 atom stereocenters. The first-order valence-electron chi connectivity index (χ1n) is 3.70. The number of thiophene rings is 1. The molecule has 1 aromatic heterocycles. The molecule has 0 aliphatic heterocycles. The molecular formula is C8H9BrOS. The molecule has 1 saturated carbocycles. The Balaban J connectivity index is 2.14. The third-order valence-electron chi connectivity index (χ3n) is 1.95. The van der Waals surface area contributed by atoms with Gasteiger partial charge in [-0.05, 0) is 46.8 Å². The van der Waals surface area contributed by atoms with Gasteiger partial charge in [0.15, 0.2) is 0 Å². The Morgan fingerprint density at radius 3 is 2.73 bits per heavy atom. The van der Waals surface area contributed by atoms with E-state index in [4.69, 9.17) is 0 Å². The van der Waals surface area contributed by atoms with Gasteiger partial charge in [0, 0.05) is 4.88 Å². The van der Waals surface area contributed by atoms with Crippen LogP contribution in [-0.4, -0.2) is 5.11 Å². The summed E-state index contributed by atoms with van der Waals surface area (Å²) in [6, 6.07) is 3.99. The molecule has 0 aromatic carbocycles. The number of hydrogen-bond donors (Lipinski definition) is 1. The van der Waals surface area contributed by atoms with E-state index < -0.39 is 0 Å². The lowest BCUT2D eigenvalue weighted by atomic mass is 10.2. The van der Waals surface area contributed by atoms with Gasteiger partial charge in [-0.1, -0.05) is 0 Å². The Bertz CT molecular complexity index is 254. The third-order valence-corrected chi connectivity index (χ3v) is 3.65. The second kappa shape index (κ2) is 2.88. The van der Waals surface area contributed by atoms with Crippen molar-refractivity contribution in [3.05, 3.63) is 20.8 Å². The van der Waals surface area contributed by atoms with Gasteiger partial charge in [0.2, 0.25) is 0 Å². The van der Waals surface area contributed by atoms with Crippen molar-refractivity contribution in [2.45, 2.75) is 18.9 Å². The first-order valence-corrected chi connectivity index (χ1v) is 5.31. The lowest BCUT2D eigenvalue weighted by Crippen LogP contribution is -1.95. The summed E-state index contributed by atoms with van der Waals surface area (Å²) in [7, 11) is 0. The molecule has 1 N–H and O–H groups in total. The summed E-state index contributed by atoms with van der Waals surface area (Å²) < 4.78 is 1.10. The maximum atomic E-state index is 9.66. The standard InChI is InChI=1S/C8H9BrOS/c9-7-4-3-6(11-7)8(10)5-1-2-5/h3-5,8,10H,1-2H2/t8-/m1/s1. The van der Waals surface area contributed by atoms with Gasteiger partial charge in [0.25, 0.3) is 0 Å². The van der Waals surface area contributed by atoms with E-state index in [0.29, 0.717) is 5.92 Å². The smallest absolute Gasteiger partial charge is 0.0910 e. The Kier molecular flexibility index (Phi) is 2.04. The van der Waals surface area contributed by atoms with Crippen LogP contribution in [0, 0.1) is 5.92 Å². The molecule has 0 radical (unpaired) electrons. The Morgan fingerprint density at radius 1 is 1.55 bits per heavy atom. The third kappa shape index (κ3) is 1.66. The summed E-state index contributed by atoms with van der Waals surface area (Å²) in [5, 5.41) is 9.66. The Labute approximate surface area is 78.2 Å². The van der Waals surface area contributed by atoms with Crippen molar-refractivity contribution in [1.82, 2.24) is 0 Å². The fraction of sp³-hybridized carbons (Fsp3) is 0.500. The SMILES string of the molecule is O[C@@H](c1ccc(Br)s1)C1CC1. The second-order valence-corrected chi connectivity index (χ2v) is 5.42. The minimum Gasteiger partial charge on any atom is -0.387 e. The molecule has 0 bridgehead atoms. The van der Waals surface area contributed by atoms with Crippen molar-refractivity contribution < 1.29 is 5.11 Å². The van der Waals surface area contributed by atoms with E-state index in [-0.39, 0.29) is 6.10 Å². The lowest BCUT2D eigenvalue weighted by molar-refractivity contribution is 0.157. The minimum atomic E-state index is -0.203. The monoisotopic (exact) mass is 232 g/mol. The van der Waals surface area contributed by atoms with Crippen molar-refractivity contribution in [3.8, 4) is 0 Å². The average Bonchev–Trinajstić information content (AvgIpc) is 2.74. The number of halogens is 1. The average molecular weight is 233 g/mol. The van der Waals surface area contributed by atoms with E-state index in [9.17, 15) is 5.11 Å². The second-order valence-electron chi connectivity index (χ2n) is 2.92. The highest BCUT2D eigenvalue weighted by molar-refractivity contribution is 9.11. The highest BCUT2D eigenvalue weighted by Gasteiger charge is 2.31. The van der Waals surface area contributed by atoms with Crippen molar-refractivity contribution in [3.63, 3.8) is 0 Å². The van der Waals surface area contributed by atoms with Crippen LogP contribution in [0.25, 0.3) is 0 Å². The van der Waals surface area contributed by atoms with Gasteiger partial charge in [0.1, 0.15) is 0 Å². The molecule has 1 aliphatic rings. The van der Waals surface area contributed by atoms with Gasteiger partial charge in [-0.3, -0.25) is 0 Å². The van der Waals surface area contributed by atoms with Crippen LogP contribution in [0.15, 0.2) is 15.9 Å². The molecule has 0 amide bonds. The van der Waals surface area contributed by atoms with E-state index in [1.165, 1.54) is 12.8 Å². The molecule has 1 aromatic rings. The van der Waals surface area contributed by atoms with E-state index in [0.717, 1.165) is 8.66 Å². The fourth-order valence-electron chi connectivity index (χ4n) is 1.13. The van der Waals surface area contributed by atoms with Crippen LogP contribution in [0.3, 0.4) is 0 Å². The predicted octanol–water partition coefficient (Wildman–Crippen LogP) is 2.95. The van der Waals surface area contributed by atoms with Crippen LogP contribution in [0.5, 0.6) is 0 Å². The maximum absolute atomic E-state index is 9.66. The van der Waals surface area contributed by atoms with E-state index >= 15 is 0 Å². The van der Waals surface area contributed by atoms with Crippen LogP contribution in [0.2, 0.25) is 0 Å². The van der Waals surface area contributed by atoms with Crippen LogP contribution in [0.4, 0.5) is 0 Å². The number of rotatable bonds is 2. The molecule has 1 fully saturated rings. The summed E-state index contributed by atoms with van der Waals surface area (Å²) in [6.07, 6.45) is 2.18. The fourth-order valence-corrected chi connectivity index (χ4v) is 2.63. The van der Waals surface area contributed by atoms with Gasteiger partial charge >= 0.3 is 0 Å². The van der Waals surface area contributed by atoms with Crippen molar-refractivity contribution in [1.29, 1.82) is 0 Å². The van der Waals surface area contributed by atoms with Gasteiger partial charge in [-0.25, -0.2) is 0 Å². The highest BCUT2D eigenvalue weighted by atomic mass is 79.9. The summed E-state index contributed by atoms with van der Waals surface area (Å²) in [6.45, 7) is 0. The zero-order chi connectivity index (χ0) is 7.84. The van der Waals surface area contributed by atoms with Gasteiger partial charge < -0.3 is 5.11 Å². The molecule has 1 heterocycles. The Morgan fingerprint density at radius 2 is 2.27 bits per heavy atom. The quantitative estimate of drug-likeness (QED) is 0.832. The van der Waals surface area contributed by atoms with Gasteiger partial charge in [-0.2, -0.15) is 0 Å². The van der Waals surface area contributed by atoms with E-state index in [1.54, 1.807) is 11.3 Å². The zero-order valence-electron chi connectivity index (χ0n) is 5.96. The molecule has 2 rings (SSSR count). The van der Waals surface area contributed by atoms with E-state index in [2.05, 4.69) is 15.9 Å². The minimum absolute atomic E-state index is 0.203. The first kappa shape index (κ1) is 7.77. The van der Waals surface area contributed by atoms with Gasteiger partial charge in [0.05, 0.1) is 9.89 Å². The Hall–Kier alpha value is 0.140. The molecule has 0 spiro atoms. The van der Waals surface area contributed by atoms with Crippen LogP contribution in [-0.2, 0) is 0 Å². The molecular weight excluding hydrogens is 224 g/mol. The van der Waals surface area contributed by atoms with Gasteiger partial charge in [-0.15, -0.1) is 11.3 Å². The number of aliphatic hydroxyl groups excluding tert-OH is 1. The number of aliphatic hydroxyl groups is 1. The summed E-state index contributed by atoms with van der Waals surface area (Å²) in [5.74, 6) is 0.542. The lowest BCUT2D eigenvalue weighted by Gasteiger charge is -2.03. The van der Waals surface area contributed by atoms with Crippen molar-refractivity contribution in [2.24, 2.45) is 5.92 Å². The number of hydrogen-bond acceptors (Lipinski definition) is 2. The topological polar surface area (TPSA) is 20.2 Å². The van der Waals surface area contributed by atoms with Crippen LogP contribution < -0.4 is 0 Å². The first-order chi connectivity index (χ1) is 5.27. The van der Waals surface area contributed by atoms with Crippen molar-refractivity contribution in [2.75, 3.05) is 0 Å². The maximum Gasteiger partial charge on any atom is 0.0910 e. The molecule has 60 valence electrons. The van der Waals surface area contributed by atoms with Crippen LogP contribution in [0.1, 0.15) is 23.8 Å². The highest BCUT2D eigenvalue weighted by Crippen LogP contribution is 2.43. The van der Waals surface area contributed by atoms with E-state index in [1.807, 2.05) is 12.1 Å². The molecule has 1 aliphatic carbocycles.